The van der Waals surface area contributed by atoms with Crippen LogP contribution in [0.1, 0.15) is 11.1 Å². The fourth-order valence-electron chi connectivity index (χ4n) is 2.56. The molecule has 1 aliphatic heterocycles. The molecule has 0 fully saturated rings. The molecule has 0 bridgehead atoms. The lowest BCUT2D eigenvalue weighted by Gasteiger charge is -2.30. The summed E-state index contributed by atoms with van der Waals surface area (Å²) in [7, 11) is 1.33. The highest BCUT2D eigenvalue weighted by molar-refractivity contribution is 5.98. The average Bonchev–Trinajstić information content (AvgIpc) is 2.60. The van der Waals surface area contributed by atoms with Crippen molar-refractivity contribution in [3.63, 3.8) is 0 Å². The molecule has 2 aromatic rings. The van der Waals surface area contributed by atoms with E-state index in [0.29, 0.717) is 17.9 Å². The van der Waals surface area contributed by atoms with Crippen LogP contribution < -0.4 is 4.90 Å². The van der Waals surface area contributed by atoms with Gasteiger partial charge in [0.05, 0.1) is 12.0 Å². The number of benzene rings is 2. The number of carbonyl (C=O) groups is 1. The molecule has 6 heteroatoms. The summed E-state index contributed by atoms with van der Waals surface area (Å²) in [5.74, 6) is -0.446. The van der Waals surface area contributed by atoms with E-state index in [-0.39, 0.29) is 5.69 Å². The van der Waals surface area contributed by atoms with Crippen LogP contribution in [0.3, 0.4) is 0 Å². The van der Waals surface area contributed by atoms with Gasteiger partial charge < -0.3 is 9.64 Å². The molecule has 3 rings (SSSR count). The minimum atomic E-state index is -0.452. The van der Waals surface area contributed by atoms with Crippen molar-refractivity contribution < 1.29 is 14.5 Å². The summed E-state index contributed by atoms with van der Waals surface area (Å²) in [4.78, 5) is 24.2. The number of methoxy groups -OCH3 is 1. The number of anilines is 1. The quantitative estimate of drug-likeness (QED) is 0.495. The highest BCUT2D eigenvalue weighted by Crippen LogP contribution is 2.31. The predicted molar refractivity (Wildman–Crippen MR) is 85.7 cm³/mol. The number of rotatable bonds is 3. The molecule has 0 saturated carbocycles. The Bertz CT molecular complexity index is 796. The van der Waals surface area contributed by atoms with E-state index in [1.54, 1.807) is 23.1 Å². The van der Waals surface area contributed by atoms with E-state index in [4.69, 9.17) is 4.74 Å². The molecule has 2 aromatic carbocycles. The summed E-state index contributed by atoms with van der Waals surface area (Å²) in [6.07, 6.45) is 1.77. The van der Waals surface area contributed by atoms with Crippen LogP contribution in [0.4, 0.5) is 11.4 Å². The third kappa shape index (κ3) is 2.78. The van der Waals surface area contributed by atoms with Crippen molar-refractivity contribution >= 4 is 23.4 Å². The molecule has 0 spiro atoms. The molecule has 23 heavy (non-hydrogen) atoms. The predicted octanol–water partition coefficient (Wildman–Crippen LogP) is 3.13. The number of hydrogen-bond acceptors (Lipinski definition) is 5. The van der Waals surface area contributed by atoms with Crippen molar-refractivity contribution in [3.8, 4) is 0 Å². The number of nitro groups is 1. The second-order valence-corrected chi connectivity index (χ2v) is 5.08. The van der Waals surface area contributed by atoms with Crippen LogP contribution >= 0.6 is 0 Å². The van der Waals surface area contributed by atoms with E-state index in [1.807, 2.05) is 24.3 Å². The summed E-state index contributed by atoms with van der Waals surface area (Å²) in [6.45, 7) is 0.495. The Morgan fingerprint density at radius 3 is 2.52 bits per heavy atom. The molecular weight excluding hydrogens is 296 g/mol. The molecule has 0 radical (unpaired) electrons. The van der Waals surface area contributed by atoms with Crippen molar-refractivity contribution in [2.24, 2.45) is 0 Å². The van der Waals surface area contributed by atoms with Gasteiger partial charge in [-0.15, -0.1) is 0 Å². The average molecular weight is 310 g/mol. The number of non-ortho nitro benzene ring substituents is 1. The van der Waals surface area contributed by atoms with Crippen molar-refractivity contribution in [2.45, 2.75) is 6.54 Å². The molecule has 116 valence electrons. The van der Waals surface area contributed by atoms with Crippen molar-refractivity contribution in [1.82, 2.24) is 0 Å². The lowest BCUT2D eigenvalue weighted by molar-refractivity contribution is -0.384. The van der Waals surface area contributed by atoms with Gasteiger partial charge in [-0.25, -0.2) is 4.79 Å². The van der Waals surface area contributed by atoms with Crippen LogP contribution in [0, 0.1) is 10.1 Å². The summed E-state index contributed by atoms with van der Waals surface area (Å²) >= 11 is 0. The Morgan fingerprint density at radius 2 is 1.87 bits per heavy atom. The molecule has 1 heterocycles. The topological polar surface area (TPSA) is 72.7 Å². The zero-order chi connectivity index (χ0) is 16.4. The van der Waals surface area contributed by atoms with Crippen molar-refractivity contribution in [1.29, 1.82) is 0 Å². The summed E-state index contributed by atoms with van der Waals surface area (Å²) in [5, 5.41) is 10.8. The van der Waals surface area contributed by atoms with E-state index in [2.05, 4.69) is 0 Å². The van der Waals surface area contributed by atoms with Gasteiger partial charge in [-0.3, -0.25) is 10.1 Å². The molecule has 0 atom stereocenters. The molecular formula is C17H14N2O4. The summed E-state index contributed by atoms with van der Waals surface area (Å²) < 4.78 is 4.86. The number of hydrogen-bond donors (Lipinski definition) is 0. The number of nitro benzene ring substituents is 1. The van der Waals surface area contributed by atoms with E-state index < -0.39 is 10.9 Å². The first-order valence-corrected chi connectivity index (χ1v) is 7.00. The maximum atomic E-state index is 12.1. The van der Waals surface area contributed by atoms with Crippen molar-refractivity contribution in [3.05, 3.63) is 75.5 Å². The van der Waals surface area contributed by atoms with Crippen LogP contribution in [0.25, 0.3) is 6.08 Å². The van der Waals surface area contributed by atoms with Gasteiger partial charge >= 0.3 is 5.97 Å². The zero-order valence-electron chi connectivity index (χ0n) is 12.4. The maximum absolute atomic E-state index is 12.1. The molecule has 6 nitrogen and oxygen atoms in total. The first kappa shape index (κ1) is 14.8. The van der Waals surface area contributed by atoms with Gasteiger partial charge in [0.15, 0.2) is 0 Å². The number of fused-ring (bicyclic) bond motifs is 1. The number of esters is 1. The molecule has 0 N–H and O–H groups in total. The molecule has 0 saturated heterocycles. The van der Waals surface area contributed by atoms with E-state index >= 15 is 0 Å². The van der Waals surface area contributed by atoms with Crippen LogP contribution in [-0.2, 0) is 16.1 Å². The van der Waals surface area contributed by atoms with Gasteiger partial charge in [-0.05, 0) is 29.3 Å². The standard InChI is InChI=1S/C17H14N2O4/c1-23-17(20)16-10-12-4-2-3-5-13(12)11-18(16)14-6-8-15(9-7-14)19(21)22/h2-10H,11H2,1H3. The molecule has 0 aromatic heterocycles. The van der Waals surface area contributed by atoms with Gasteiger partial charge in [-0.1, -0.05) is 24.3 Å². The third-order valence-electron chi connectivity index (χ3n) is 3.73. The highest BCUT2D eigenvalue weighted by Gasteiger charge is 2.25. The normalized spacial score (nSPS) is 13.1. The molecule has 0 unspecified atom stereocenters. The van der Waals surface area contributed by atoms with E-state index in [0.717, 1.165) is 11.1 Å². The van der Waals surface area contributed by atoms with Crippen LogP contribution in [0.15, 0.2) is 54.2 Å². The number of ether oxygens (including phenoxy) is 1. The maximum Gasteiger partial charge on any atom is 0.354 e. The smallest absolute Gasteiger partial charge is 0.354 e. The first-order valence-electron chi connectivity index (χ1n) is 7.00. The van der Waals surface area contributed by atoms with Crippen molar-refractivity contribution in [2.75, 3.05) is 12.0 Å². The largest absolute Gasteiger partial charge is 0.464 e. The SMILES string of the molecule is COC(=O)C1=Cc2ccccc2CN1c1ccc([N+](=O)[O-])cc1. The molecule has 1 aliphatic rings. The minimum absolute atomic E-state index is 0.00903. The molecule has 0 aliphatic carbocycles. The van der Waals surface area contributed by atoms with Gasteiger partial charge in [0, 0.05) is 24.4 Å². The van der Waals surface area contributed by atoms with Crippen LogP contribution in [0.5, 0.6) is 0 Å². The Labute approximate surface area is 132 Å². The van der Waals surface area contributed by atoms with E-state index in [9.17, 15) is 14.9 Å². The summed E-state index contributed by atoms with van der Waals surface area (Å²) in [5.41, 5.74) is 3.14. The summed E-state index contributed by atoms with van der Waals surface area (Å²) in [6, 6.07) is 13.9. The fourth-order valence-corrected chi connectivity index (χ4v) is 2.56. The Hall–Kier alpha value is -3.15. The van der Waals surface area contributed by atoms with Gasteiger partial charge in [-0.2, -0.15) is 0 Å². The third-order valence-corrected chi connectivity index (χ3v) is 3.73. The molecule has 0 amide bonds. The van der Waals surface area contributed by atoms with E-state index in [1.165, 1.54) is 19.2 Å². The Balaban J connectivity index is 2.03. The highest BCUT2D eigenvalue weighted by atomic mass is 16.6. The second kappa shape index (κ2) is 5.92. The minimum Gasteiger partial charge on any atom is -0.464 e. The van der Waals surface area contributed by atoms with Gasteiger partial charge in [0.2, 0.25) is 0 Å². The number of carbonyl (C=O) groups excluding carboxylic acids is 1. The Kier molecular flexibility index (Phi) is 3.80. The lowest BCUT2D eigenvalue weighted by atomic mass is 10.0. The first-order chi connectivity index (χ1) is 11.1. The van der Waals surface area contributed by atoms with Crippen LogP contribution in [0.2, 0.25) is 0 Å². The van der Waals surface area contributed by atoms with Gasteiger partial charge in [0.25, 0.3) is 5.69 Å². The fraction of sp³-hybridized carbons (Fsp3) is 0.118. The van der Waals surface area contributed by atoms with Crippen LogP contribution in [-0.4, -0.2) is 18.0 Å². The zero-order valence-corrected chi connectivity index (χ0v) is 12.4. The monoisotopic (exact) mass is 310 g/mol. The van der Waals surface area contributed by atoms with Gasteiger partial charge in [0.1, 0.15) is 5.70 Å². The second-order valence-electron chi connectivity index (χ2n) is 5.08. The Morgan fingerprint density at radius 1 is 1.17 bits per heavy atom. The lowest BCUT2D eigenvalue weighted by Crippen LogP contribution is -2.30. The number of nitrogens with zero attached hydrogens (tertiary/aromatic N) is 2.